The number of pyridine rings is 1. The minimum Gasteiger partial charge on any atom is -0.441 e. The Morgan fingerprint density at radius 1 is 1.18 bits per heavy atom. The summed E-state index contributed by atoms with van der Waals surface area (Å²) < 4.78 is 7.27. The predicted octanol–water partition coefficient (Wildman–Crippen LogP) is 2.48. The third-order valence-corrected chi connectivity index (χ3v) is 4.19. The topological polar surface area (TPSA) is 98.7 Å². The van der Waals surface area contributed by atoms with E-state index in [4.69, 9.17) is 4.42 Å². The van der Waals surface area contributed by atoms with Crippen molar-refractivity contribution in [2.75, 3.05) is 0 Å². The van der Waals surface area contributed by atoms with E-state index in [0.29, 0.717) is 29.7 Å². The lowest BCUT2D eigenvalue weighted by Crippen LogP contribution is -2.25. The van der Waals surface area contributed by atoms with Crippen molar-refractivity contribution in [2.45, 2.75) is 19.9 Å². The predicted molar refractivity (Wildman–Crippen MR) is 101 cm³/mol. The number of carbonyl (C=O) groups is 1. The van der Waals surface area contributed by atoms with Gasteiger partial charge in [0.25, 0.3) is 0 Å². The molecular weight excluding hydrogens is 356 g/mol. The van der Waals surface area contributed by atoms with Gasteiger partial charge < -0.3 is 9.73 Å². The molecule has 3 heterocycles. The Hall–Kier alpha value is -3.81. The Bertz CT molecular complexity index is 1060. The number of amides is 1. The number of oxazole rings is 1. The molecule has 0 saturated heterocycles. The second-order valence-electron chi connectivity index (χ2n) is 6.21. The highest BCUT2D eigenvalue weighted by Gasteiger charge is 2.14. The molecule has 140 valence electrons. The first-order chi connectivity index (χ1) is 13.7. The van der Waals surface area contributed by atoms with Gasteiger partial charge in [0.15, 0.2) is 5.82 Å². The number of nitrogens with one attached hydrogen (secondary N) is 1. The molecule has 28 heavy (non-hydrogen) atoms. The summed E-state index contributed by atoms with van der Waals surface area (Å²) in [4.78, 5) is 25.0. The summed E-state index contributed by atoms with van der Waals surface area (Å²) in [6.45, 7) is 2.20. The molecular formula is C20H18N6O2. The van der Waals surface area contributed by atoms with Gasteiger partial charge in [-0.15, -0.1) is 0 Å². The first-order valence-corrected chi connectivity index (χ1v) is 8.77. The van der Waals surface area contributed by atoms with E-state index in [1.54, 1.807) is 17.2 Å². The van der Waals surface area contributed by atoms with Crippen LogP contribution in [-0.4, -0.2) is 30.6 Å². The smallest absolute Gasteiger partial charge is 0.226 e. The molecule has 4 rings (SSSR count). The molecule has 3 aromatic heterocycles. The number of nitrogens with zero attached hydrogens (tertiary/aromatic N) is 5. The SMILES string of the molecule is Cc1oc(-c2ccccc2)nc1CC(=O)NCc1ccc(-n2cncn2)nc1. The molecule has 0 saturated carbocycles. The van der Waals surface area contributed by atoms with Gasteiger partial charge in [-0.25, -0.2) is 19.6 Å². The molecule has 0 spiro atoms. The van der Waals surface area contributed by atoms with Crippen LogP contribution in [-0.2, 0) is 17.8 Å². The molecule has 4 aromatic rings. The molecule has 0 aliphatic carbocycles. The van der Waals surface area contributed by atoms with Crippen molar-refractivity contribution in [1.29, 1.82) is 0 Å². The Morgan fingerprint density at radius 2 is 2.04 bits per heavy atom. The fourth-order valence-electron chi connectivity index (χ4n) is 2.69. The van der Waals surface area contributed by atoms with Crippen LogP contribution in [0, 0.1) is 6.92 Å². The lowest BCUT2D eigenvalue weighted by molar-refractivity contribution is -0.120. The molecule has 0 fully saturated rings. The summed E-state index contributed by atoms with van der Waals surface area (Å²) in [7, 11) is 0. The fraction of sp³-hybridized carbons (Fsp3) is 0.150. The van der Waals surface area contributed by atoms with Crippen LogP contribution in [0.1, 0.15) is 17.0 Å². The van der Waals surface area contributed by atoms with Gasteiger partial charge in [0.2, 0.25) is 11.8 Å². The molecule has 1 amide bonds. The maximum absolute atomic E-state index is 12.3. The van der Waals surface area contributed by atoms with Crippen LogP contribution >= 0.6 is 0 Å². The van der Waals surface area contributed by atoms with E-state index >= 15 is 0 Å². The lowest BCUT2D eigenvalue weighted by atomic mass is 10.2. The van der Waals surface area contributed by atoms with Crippen LogP contribution in [0.4, 0.5) is 0 Å². The van der Waals surface area contributed by atoms with E-state index < -0.39 is 0 Å². The number of rotatable bonds is 6. The van der Waals surface area contributed by atoms with E-state index in [0.717, 1.165) is 11.1 Å². The number of hydrogen-bond donors (Lipinski definition) is 1. The van der Waals surface area contributed by atoms with Crippen LogP contribution in [0.3, 0.4) is 0 Å². The van der Waals surface area contributed by atoms with Crippen LogP contribution in [0.25, 0.3) is 17.3 Å². The Kier molecular flexibility index (Phi) is 4.92. The molecule has 0 atom stereocenters. The van der Waals surface area contributed by atoms with Gasteiger partial charge in [0.1, 0.15) is 18.4 Å². The van der Waals surface area contributed by atoms with Crippen molar-refractivity contribution < 1.29 is 9.21 Å². The Morgan fingerprint density at radius 3 is 2.75 bits per heavy atom. The van der Waals surface area contributed by atoms with Gasteiger partial charge >= 0.3 is 0 Å². The third kappa shape index (κ3) is 3.96. The van der Waals surface area contributed by atoms with Gasteiger partial charge in [0, 0.05) is 18.3 Å². The highest BCUT2D eigenvalue weighted by molar-refractivity contribution is 5.78. The van der Waals surface area contributed by atoms with E-state index in [-0.39, 0.29) is 12.3 Å². The largest absolute Gasteiger partial charge is 0.441 e. The van der Waals surface area contributed by atoms with Gasteiger partial charge in [0.05, 0.1) is 12.1 Å². The molecule has 0 radical (unpaired) electrons. The van der Waals surface area contributed by atoms with Crippen molar-refractivity contribution >= 4 is 5.91 Å². The first-order valence-electron chi connectivity index (χ1n) is 8.77. The molecule has 8 nitrogen and oxygen atoms in total. The minimum atomic E-state index is -0.128. The van der Waals surface area contributed by atoms with Crippen LogP contribution in [0.2, 0.25) is 0 Å². The van der Waals surface area contributed by atoms with Crippen LogP contribution in [0.5, 0.6) is 0 Å². The normalized spacial score (nSPS) is 10.8. The summed E-state index contributed by atoms with van der Waals surface area (Å²) >= 11 is 0. The van der Waals surface area contributed by atoms with E-state index in [1.165, 1.54) is 6.33 Å². The lowest BCUT2D eigenvalue weighted by Gasteiger charge is -2.05. The quantitative estimate of drug-likeness (QED) is 0.557. The monoisotopic (exact) mass is 374 g/mol. The highest BCUT2D eigenvalue weighted by Crippen LogP contribution is 2.21. The van der Waals surface area contributed by atoms with E-state index in [1.807, 2.05) is 49.4 Å². The molecule has 8 heteroatoms. The molecule has 0 unspecified atom stereocenters. The number of aromatic nitrogens is 5. The molecule has 0 aliphatic rings. The summed E-state index contributed by atoms with van der Waals surface area (Å²) in [6.07, 6.45) is 4.89. The minimum absolute atomic E-state index is 0.128. The van der Waals surface area contributed by atoms with Gasteiger partial charge in [-0.05, 0) is 30.7 Å². The van der Waals surface area contributed by atoms with Crippen molar-refractivity contribution in [1.82, 2.24) is 30.0 Å². The molecule has 0 bridgehead atoms. The fourth-order valence-corrected chi connectivity index (χ4v) is 2.69. The average Bonchev–Trinajstić information content (AvgIpc) is 3.38. The first kappa shape index (κ1) is 17.6. The van der Waals surface area contributed by atoms with Crippen molar-refractivity contribution in [3.63, 3.8) is 0 Å². The summed E-state index contributed by atoms with van der Waals surface area (Å²) in [5, 5.41) is 6.91. The highest BCUT2D eigenvalue weighted by atomic mass is 16.4. The number of hydrogen-bond acceptors (Lipinski definition) is 6. The molecule has 1 N–H and O–H groups in total. The van der Waals surface area contributed by atoms with Gasteiger partial charge in [-0.2, -0.15) is 5.10 Å². The number of aryl methyl sites for hydroxylation is 1. The number of carbonyl (C=O) groups excluding carboxylic acids is 1. The van der Waals surface area contributed by atoms with E-state index in [2.05, 4.69) is 25.4 Å². The second kappa shape index (κ2) is 7.83. The van der Waals surface area contributed by atoms with E-state index in [9.17, 15) is 4.79 Å². The second-order valence-corrected chi connectivity index (χ2v) is 6.21. The summed E-state index contributed by atoms with van der Waals surface area (Å²) in [5.41, 5.74) is 2.41. The zero-order chi connectivity index (χ0) is 19.3. The maximum Gasteiger partial charge on any atom is 0.226 e. The Balaban J connectivity index is 1.35. The van der Waals surface area contributed by atoms with Crippen molar-refractivity contribution in [3.8, 4) is 17.3 Å². The molecule has 1 aromatic carbocycles. The standard InChI is InChI=1S/C20H18N6O2/c1-14-17(25-20(28-14)16-5-3-2-4-6-16)9-19(27)23-11-15-7-8-18(22-10-15)26-13-21-12-24-26/h2-8,10,12-13H,9,11H2,1H3,(H,23,27). The zero-order valence-corrected chi connectivity index (χ0v) is 15.2. The molecule has 0 aliphatic heterocycles. The summed E-state index contributed by atoms with van der Waals surface area (Å²) in [5.74, 6) is 1.71. The zero-order valence-electron chi connectivity index (χ0n) is 15.2. The van der Waals surface area contributed by atoms with Crippen molar-refractivity contribution in [3.05, 3.63) is 78.3 Å². The Labute approximate surface area is 161 Å². The third-order valence-electron chi connectivity index (χ3n) is 4.19. The summed E-state index contributed by atoms with van der Waals surface area (Å²) in [6, 6.07) is 13.3. The van der Waals surface area contributed by atoms with Gasteiger partial charge in [-0.3, -0.25) is 4.79 Å². The average molecular weight is 374 g/mol. The van der Waals surface area contributed by atoms with Gasteiger partial charge in [-0.1, -0.05) is 24.3 Å². The van der Waals surface area contributed by atoms with Crippen molar-refractivity contribution in [2.24, 2.45) is 0 Å². The van der Waals surface area contributed by atoms with Crippen LogP contribution in [0.15, 0.2) is 65.7 Å². The van der Waals surface area contributed by atoms with Crippen LogP contribution < -0.4 is 5.32 Å². The number of benzene rings is 1. The maximum atomic E-state index is 12.3.